The summed E-state index contributed by atoms with van der Waals surface area (Å²) in [6.07, 6.45) is 9.17. The third-order valence-corrected chi connectivity index (χ3v) is 11.7. The molecule has 49 heavy (non-hydrogen) atoms. The molecule has 0 N–H and O–H groups in total. The van der Waals surface area contributed by atoms with Crippen molar-refractivity contribution < 1.29 is 0 Å². The monoisotopic (exact) mass is 634 g/mol. The molecule has 1 atom stereocenters. The molecular formula is C46H43BN2. The zero-order chi connectivity index (χ0) is 33.4. The molecule has 0 saturated carbocycles. The molecule has 9 rings (SSSR count). The lowest BCUT2D eigenvalue weighted by Gasteiger charge is -2.32. The van der Waals surface area contributed by atoms with Gasteiger partial charge in [-0.1, -0.05) is 116 Å². The summed E-state index contributed by atoms with van der Waals surface area (Å²) in [7, 11) is 0. The van der Waals surface area contributed by atoms with Crippen LogP contribution in [0.25, 0.3) is 50.4 Å². The second kappa shape index (κ2) is 11.6. The maximum atomic E-state index is 2.54. The number of aromatic nitrogens is 2. The second-order valence-corrected chi connectivity index (χ2v) is 14.4. The van der Waals surface area contributed by atoms with Crippen LogP contribution < -0.4 is 16.4 Å². The van der Waals surface area contributed by atoms with Gasteiger partial charge in [0.1, 0.15) is 0 Å². The molecule has 5 aromatic carbocycles. The highest BCUT2D eigenvalue weighted by molar-refractivity contribution is 6.98. The third-order valence-electron chi connectivity index (χ3n) is 11.7. The summed E-state index contributed by atoms with van der Waals surface area (Å²) in [6, 6.07) is 39.3. The molecule has 0 spiro atoms. The van der Waals surface area contributed by atoms with Crippen LogP contribution in [0.1, 0.15) is 72.7 Å². The van der Waals surface area contributed by atoms with Crippen molar-refractivity contribution in [1.82, 2.24) is 9.13 Å². The minimum atomic E-state index is 0.157. The van der Waals surface area contributed by atoms with Crippen molar-refractivity contribution in [3.63, 3.8) is 0 Å². The van der Waals surface area contributed by atoms with Crippen LogP contribution >= 0.6 is 0 Å². The molecule has 2 aliphatic rings. The predicted molar refractivity (Wildman–Crippen MR) is 212 cm³/mol. The fraction of sp³-hybridized carbons (Fsp3) is 0.217. The molecule has 3 heterocycles. The maximum absolute atomic E-state index is 2.54. The molecule has 0 amide bonds. The fourth-order valence-corrected chi connectivity index (χ4v) is 9.38. The largest absolute Gasteiger partial charge is 0.315 e. The first kappa shape index (κ1) is 30.1. The predicted octanol–water partition coefficient (Wildman–Crippen LogP) is 9.86. The quantitative estimate of drug-likeness (QED) is 0.161. The number of rotatable bonds is 6. The van der Waals surface area contributed by atoms with Crippen molar-refractivity contribution in [2.75, 3.05) is 0 Å². The van der Waals surface area contributed by atoms with Crippen molar-refractivity contribution in [3.8, 4) is 22.5 Å². The number of hydrogen-bond acceptors (Lipinski definition) is 0. The molecule has 0 saturated heterocycles. The van der Waals surface area contributed by atoms with Gasteiger partial charge >= 0.3 is 0 Å². The third kappa shape index (κ3) is 4.41. The van der Waals surface area contributed by atoms with Gasteiger partial charge in [0.2, 0.25) is 6.71 Å². The smallest absolute Gasteiger partial charge is 0.247 e. The Bertz CT molecular complexity index is 2470. The molecule has 1 aliphatic carbocycles. The Morgan fingerprint density at radius 3 is 2.43 bits per heavy atom. The maximum Gasteiger partial charge on any atom is 0.247 e. The Kier molecular flexibility index (Phi) is 7.09. The summed E-state index contributed by atoms with van der Waals surface area (Å²) in [5.41, 5.74) is 20.5. The fourth-order valence-electron chi connectivity index (χ4n) is 9.38. The number of nitrogens with zero attached hydrogens (tertiary/aromatic N) is 2. The van der Waals surface area contributed by atoms with Crippen molar-refractivity contribution in [1.29, 1.82) is 0 Å². The number of aryl methyl sites for hydroxylation is 3. The second-order valence-electron chi connectivity index (χ2n) is 14.4. The van der Waals surface area contributed by atoms with E-state index in [1.165, 1.54) is 94.3 Å². The Balaban J connectivity index is 1.30. The van der Waals surface area contributed by atoms with E-state index in [0.29, 0.717) is 5.92 Å². The van der Waals surface area contributed by atoms with Gasteiger partial charge in [0.15, 0.2) is 0 Å². The summed E-state index contributed by atoms with van der Waals surface area (Å²) in [4.78, 5) is 0. The van der Waals surface area contributed by atoms with E-state index in [-0.39, 0.29) is 6.71 Å². The Hall–Kier alpha value is -5.02. The highest BCUT2D eigenvalue weighted by Gasteiger charge is 2.37. The summed E-state index contributed by atoms with van der Waals surface area (Å²) < 4.78 is 5.03. The van der Waals surface area contributed by atoms with E-state index in [0.717, 1.165) is 25.7 Å². The van der Waals surface area contributed by atoms with Gasteiger partial charge in [-0.3, -0.25) is 0 Å². The Labute approximate surface area is 290 Å². The average molecular weight is 635 g/mol. The van der Waals surface area contributed by atoms with Crippen LogP contribution in [0.4, 0.5) is 0 Å². The van der Waals surface area contributed by atoms with E-state index in [4.69, 9.17) is 0 Å². The van der Waals surface area contributed by atoms with Gasteiger partial charge in [-0.15, -0.1) is 0 Å². The Morgan fingerprint density at radius 2 is 1.55 bits per heavy atom. The molecule has 240 valence electrons. The number of benzene rings is 5. The lowest BCUT2D eigenvalue weighted by molar-refractivity contribution is 0.669. The summed E-state index contributed by atoms with van der Waals surface area (Å²) >= 11 is 0. The summed E-state index contributed by atoms with van der Waals surface area (Å²) in [6.45, 7) is 11.8. The van der Waals surface area contributed by atoms with Gasteiger partial charge < -0.3 is 9.13 Å². The molecular weight excluding hydrogens is 591 g/mol. The van der Waals surface area contributed by atoms with Crippen LogP contribution in [0.3, 0.4) is 0 Å². The molecule has 1 aliphatic heterocycles. The molecule has 2 nitrogen and oxygen atoms in total. The zero-order valence-corrected chi connectivity index (χ0v) is 29.3. The van der Waals surface area contributed by atoms with Crippen LogP contribution in [-0.2, 0) is 6.42 Å². The highest BCUT2D eigenvalue weighted by atomic mass is 15.0. The topological polar surface area (TPSA) is 9.86 Å². The molecule has 7 aromatic rings. The van der Waals surface area contributed by atoms with Crippen molar-refractivity contribution >= 4 is 51.0 Å². The first-order chi connectivity index (χ1) is 24.0. The van der Waals surface area contributed by atoms with Gasteiger partial charge in [-0.25, -0.2) is 0 Å². The minimum Gasteiger partial charge on any atom is -0.315 e. The Morgan fingerprint density at radius 1 is 0.776 bits per heavy atom. The minimum absolute atomic E-state index is 0.157. The van der Waals surface area contributed by atoms with E-state index in [2.05, 4.69) is 159 Å². The first-order valence-electron chi connectivity index (χ1n) is 18.2. The van der Waals surface area contributed by atoms with Gasteiger partial charge in [0, 0.05) is 39.1 Å². The molecule has 1 unspecified atom stereocenters. The average Bonchev–Trinajstić information content (AvgIpc) is 3.60. The van der Waals surface area contributed by atoms with Crippen LogP contribution in [0.2, 0.25) is 0 Å². The standard InChI is InChI=1S/C46H43BN2/c1-6-15-29(2)44-36(33-17-12-18-34(28-33)49-41-25-9-7-19-37(41)38-20-8-10-26-42(38)49)22-14-23-39(44)47-40-24-13-21-35-31(4)32(5)48(46(35)40)43-27-11-16-30(3)45(43)47/h7,9-14,16-19,21-29H,6,8,15,20H2,1-5H3. The van der Waals surface area contributed by atoms with E-state index in [9.17, 15) is 0 Å². The summed E-state index contributed by atoms with van der Waals surface area (Å²) in [5, 5.41) is 2.75. The number of para-hydroxylation sites is 2. The van der Waals surface area contributed by atoms with Gasteiger partial charge in [0.05, 0.1) is 5.52 Å². The molecule has 3 heteroatoms. The number of fused-ring (bicyclic) bond motifs is 5. The molecule has 0 fully saturated rings. The van der Waals surface area contributed by atoms with E-state index < -0.39 is 0 Å². The van der Waals surface area contributed by atoms with Crippen LogP contribution in [0.5, 0.6) is 0 Å². The SMILES string of the molecule is CCCC(C)c1c(B2c3c(C)cccc3-n3c(C)c(C)c4cccc2c43)cccc1-c1cccc(-n2c3c(c4ccccc42)CCC=C3)c1. The summed E-state index contributed by atoms with van der Waals surface area (Å²) in [5.74, 6) is 0.409. The first-order valence-corrected chi connectivity index (χ1v) is 18.2. The van der Waals surface area contributed by atoms with Gasteiger partial charge in [-0.2, -0.15) is 0 Å². The normalized spacial score (nSPS) is 14.0. The van der Waals surface area contributed by atoms with Crippen LogP contribution in [0, 0.1) is 20.8 Å². The van der Waals surface area contributed by atoms with Gasteiger partial charge in [-0.05, 0) is 115 Å². The number of hydrogen-bond donors (Lipinski definition) is 0. The zero-order valence-electron chi connectivity index (χ0n) is 29.3. The highest BCUT2D eigenvalue weighted by Crippen LogP contribution is 2.37. The van der Waals surface area contributed by atoms with Crippen molar-refractivity contribution in [2.45, 2.75) is 66.2 Å². The van der Waals surface area contributed by atoms with Crippen molar-refractivity contribution in [2.24, 2.45) is 0 Å². The molecule has 2 aromatic heterocycles. The lowest BCUT2D eigenvalue weighted by atomic mass is 9.33. The van der Waals surface area contributed by atoms with Crippen molar-refractivity contribution in [3.05, 3.63) is 143 Å². The van der Waals surface area contributed by atoms with Crippen LogP contribution in [-0.4, -0.2) is 15.8 Å². The molecule has 0 radical (unpaired) electrons. The molecule has 0 bridgehead atoms. The van der Waals surface area contributed by atoms with E-state index >= 15 is 0 Å². The van der Waals surface area contributed by atoms with E-state index in [1.54, 1.807) is 0 Å². The lowest BCUT2D eigenvalue weighted by Crippen LogP contribution is -2.58. The van der Waals surface area contributed by atoms with E-state index in [1.807, 2.05) is 0 Å². The van der Waals surface area contributed by atoms with Crippen LogP contribution in [0.15, 0.2) is 109 Å². The van der Waals surface area contributed by atoms with Gasteiger partial charge in [0.25, 0.3) is 0 Å². The number of allylic oxidation sites excluding steroid dienone is 1.